The van der Waals surface area contributed by atoms with Gasteiger partial charge in [-0.05, 0) is 19.4 Å². The smallest absolute Gasteiger partial charge is 0.216 e. The Morgan fingerprint density at radius 3 is 3.08 bits per heavy atom. The van der Waals surface area contributed by atoms with Crippen molar-refractivity contribution in [3.8, 4) is 0 Å². The highest BCUT2D eigenvalue weighted by Gasteiger charge is 2.16. The average Bonchev–Trinajstić information content (AvgIpc) is 2.03. The molecule has 0 unspecified atom stereocenters. The maximum Gasteiger partial charge on any atom is 0.216 e. The van der Waals surface area contributed by atoms with Gasteiger partial charge in [0.2, 0.25) is 5.91 Å². The Kier molecular flexibility index (Phi) is 4.18. The van der Waals surface area contributed by atoms with Crippen molar-refractivity contribution >= 4 is 5.91 Å². The third-order valence-electron chi connectivity index (χ3n) is 2.28. The Labute approximate surface area is 78.9 Å². The van der Waals surface area contributed by atoms with Gasteiger partial charge in [0.05, 0.1) is 6.10 Å². The van der Waals surface area contributed by atoms with Gasteiger partial charge in [0.25, 0.3) is 0 Å². The van der Waals surface area contributed by atoms with E-state index in [1.807, 2.05) is 0 Å². The number of β-amino-alcohol motifs (C(OH)–C–C–N with tert-alkyl or cyclic N) is 1. The van der Waals surface area contributed by atoms with Crippen molar-refractivity contribution in [3.63, 3.8) is 0 Å². The number of nitrogens with zero attached hydrogens (tertiary/aromatic N) is 1. The van der Waals surface area contributed by atoms with Crippen LogP contribution in [0.15, 0.2) is 0 Å². The first kappa shape index (κ1) is 10.5. The van der Waals surface area contributed by atoms with Crippen LogP contribution in [-0.2, 0) is 4.79 Å². The summed E-state index contributed by atoms with van der Waals surface area (Å²) in [5.41, 5.74) is 0. The van der Waals surface area contributed by atoms with E-state index >= 15 is 0 Å². The van der Waals surface area contributed by atoms with Crippen molar-refractivity contribution in [2.75, 3.05) is 26.2 Å². The van der Waals surface area contributed by atoms with Gasteiger partial charge in [-0.15, -0.1) is 0 Å². The number of rotatable bonds is 3. The average molecular weight is 186 g/mol. The van der Waals surface area contributed by atoms with Crippen molar-refractivity contribution in [2.45, 2.75) is 25.9 Å². The number of hydrogen-bond acceptors (Lipinski definition) is 3. The molecule has 0 aromatic heterocycles. The van der Waals surface area contributed by atoms with Crippen molar-refractivity contribution in [2.24, 2.45) is 0 Å². The summed E-state index contributed by atoms with van der Waals surface area (Å²) in [4.78, 5) is 12.8. The van der Waals surface area contributed by atoms with Crippen LogP contribution in [0, 0.1) is 0 Å². The second-order valence-corrected chi connectivity index (χ2v) is 3.58. The first-order valence-corrected chi connectivity index (χ1v) is 4.83. The summed E-state index contributed by atoms with van der Waals surface area (Å²) in [6.45, 7) is 4.83. The number of aliphatic hydroxyl groups is 1. The van der Waals surface area contributed by atoms with E-state index in [2.05, 4.69) is 10.2 Å². The lowest BCUT2D eigenvalue weighted by Gasteiger charge is -2.29. The quantitative estimate of drug-likeness (QED) is 0.629. The molecular formula is C9H18N2O2. The number of likely N-dealkylation sites (tertiary alicyclic amines) is 1. The predicted molar refractivity (Wildman–Crippen MR) is 50.4 cm³/mol. The van der Waals surface area contributed by atoms with Gasteiger partial charge in [0, 0.05) is 26.6 Å². The van der Waals surface area contributed by atoms with Gasteiger partial charge in [0.1, 0.15) is 0 Å². The van der Waals surface area contributed by atoms with E-state index in [-0.39, 0.29) is 12.0 Å². The monoisotopic (exact) mass is 186 g/mol. The number of carbonyl (C=O) groups is 1. The van der Waals surface area contributed by atoms with Crippen LogP contribution in [0.3, 0.4) is 0 Å². The topological polar surface area (TPSA) is 52.6 Å². The van der Waals surface area contributed by atoms with E-state index in [1.165, 1.54) is 6.92 Å². The Balaban J connectivity index is 2.10. The van der Waals surface area contributed by atoms with Crippen molar-refractivity contribution in [1.29, 1.82) is 0 Å². The summed E-state index contributed by atoms with van der Waals surface area (Å²) in [5.74, 6) is 0.0116. The minimum atomic E-state index is -0.175. The van der Waals surface area contributed by atoms with Crippen molar-refractivity contribution in [1.82, 2.24) is 10.2 Å². The van der Waals surface area contributed by atoms with Gasteiger partial charge < -0.3 is 10.4 Å². The molecule has 1 rings (SSSR count). The second kappa shape index (κ2) is 5.19. The van der Waals surface area contributed by atoms with E-state index in [0.717, 1.165) is 32.5 Å². The SMILES string of the molecule is CC(=O)NCCN1CCC[C@H](O)C1. The molecule has 0 radical (unpaired) electrons. The first-order chi connectivity index (χ1) is 6.18. The van der Waals surface area contributed by atoms with Gasteiger partial charge in [-0.3, -0.25) is 9.69 Å². The van der Waals surface area contributed by atoms with Crippen LogP contribution in [-0.4, -0.2) is 48.2 Å². The highest BCUT2D eigenvalue weighted by Crippen LogP contribution is 2.08. The summed E-state index contributed by atoms with van der Waals surface area (Å²) in [7, 11) is 0. The Morgan fingerprint density at radius 1 is 1.69 bits per heavy atom. The number of nitrogens with one attached hydrogen (secondary N) is 1. The van der Waals surface area contributed by atoms with E-state index in [1.54, 1.807) is 0 Å². The van der Waals surface area contributed by atoms with E-state index in [9.17, 15) is 9.90 Å². The fourth-order valence-corrected chi connectivity index (χ4v) is 1.62. The third-order valence-corrected chi connectivity index (χ3v) is 2.28. The van der Waals surface area contributed by atoms with Gasteiger partial charge in [0.15, 0.2) is 0 Å². The predicted octanol–water partition coefficient (Wildman–Crippen LogP) is -0.421. The van der Waals surface area contributed by atoms with Crippen LogP contribution in [0.1, 0.15) is 19.8 Å². The molecular weight excluding hydrogens is 168 g/mol. The fourth-order valence-electron chi connectivity index (χ4n) is 1.62. The molecule has 13 heavy (non-hydrogen) atoms. The minimum Gasteiger partial charge on any atom is -0.392 e. The van der Waals surface area contributed by atoms with Crippen molar-refractivity contribution < 1.29 is 9.90 Å². The minimum absolute atomic E-state index is 0.0116. The molecule has 0 aliphatic carbocycles. The molecule has 1 saturated heterocycles. The number of aliphatic hydroxyl groups excluding tert-OH is 1. The molecule has 0 bridgehead atoms. The van der Waals surface area contributed by atoms with Gasteiger partial charge in [-0.25, -0.2) is 0 Å². The molecule has 76 valence electrons. The third kappa shape index (κ3) is 4.24. The highest BCUT2D eigenvalue weighted by atomic mass is 16.3. The molecule has 0 saturated carbocycles. The number of carbonyl (C=O) groups excluding carboxylic acids is 1. The zero-order valence-electron chi connectivity index (χ0n) is 8.12. The summed E-state index contributed by atoms with van der Waals surface area (Å²) in [6, 6.07) is 0. The van der Waals surface area contributed by atoms with Gasteiger partial charge >= 0.3 is 0 Å². The fraction of sp³-hybridized carbons (Fsp3) is 0.889. The summed E-state index contributed by atoms with van der Waals surface area (Å²) >= 11 is 0. The summed E-state index contributed by atoms with van der Waals surface area (Å²) < 4.78 is 0. The largest absolute Gasteiger partial charge is 0.392 e. The molecule has 1 fully saturated rings. The standard InChI is InChI=1S/C9H18N2O2/c1-8(12)10-4-6-11-5-2-3-9(13)7-11/h9,13H,2-7H2,1H3,(H,10,12)/t9-/m0/s1. The van der Waals surface area contributed by atoms with E-state index < -0.39 is 0 Å². The molecule has 1 aliphatic rings. The maximum absolute atomic E-state index is 10.6. The zero-order valence-corrected chi connectivity index (χ0v) is 8.12. The van der Waals surface area contributed by atoms with Crippen LogP contribution in [0.5, 0.6) is 0 Å². The lowest BCUT2D eigenvalue weighted by Crippen LogP contribution is -2.42. The molecule has 4 nitrogen and oxygen atoms in total. The Hall–Kier alpha value is -0.610. The van der Waals surface area contributed by atoms with E-state index in [0.29, 0.717) is 6.54 Å². The molecule has 1 atom stereocenters. The lowest BCUT2D eigenvalue weighted by atomic mass is 10.1. The first-order valence-electron chi connectivity index (χ1n) is 4.83. The number of hydrogen-bond donors (Lipinski definition) is 2. The molecule has 0 spiro atoms. The summed E-state index contributed by atoms with van der Waals surface area (Å²) in [5, 5.41) is 12.1. The lowest BCUT2D eigenvalue weighted by molar-refractivity contribution is -0.119. The van der Waals surface area contributed by atoms with Crippen molar-refractivity contribution in [3.05, 3.63) is 0 Å². The molecule has 4 heteroatoms. The van der Waals surface area contributed by atoms with Gasteiger partial charge in [-0.1, -0.05) is 0 Å². The number of amides is 1. The zero-order chi connectivity index (χ0) is 9.68. The van der Waals surface area contributed by atoms with Crippen LogP contribution in [0.25, 0.3) is 0 Å². The molecule has 1 amide bonds. The van der Waals surface area contributed by atoms with Crippen LogP contribution < -0.4 is 5.32 Å². The highest BCUT2D eigenvalue weighted by molar-refractivity contribution is 5.72. The van der Waals surface area contributed by atoms with Crippen LogP contribution in [0.4, 0.5) is 0 Å². The molecule has 0 aromatic rings. The normalized spacial score (nSPS) is 24.3. The molecule has 2 N–H and O–H groups in total. The van der Waals surface area contributed by atoms with E-state index in [4.69, 9.17) is 0 Å². The molecule has 1 aliphatic heterocycles. The van der Waals surface area contributed by atoms with Crippen LogP contribution in [0.2, 0.25) is 0 Å². The molecule has 1 heterocycles. The molecule has 0 aromatic carbocycles. The summed E-state index contributed by atoms with van der Waals surface area (Å²) in [6.07, 6.45) is 1.80. The van der Waals surface area contributed by atoms with Crippen LogP contribution >= 0.6 is 0 Å². The van der Waals surface area contributed by atoms with Gasteiger partial charge in [-0.2, -0.15) is 0 Å². The second-order valence-electron chi connectivity index (χ2n) is 3.58. The number of piperidine rings is 1. The maximum atomic E-state index is 10.6. The Morgan fingerprint density at radius 2 is 2.46 bits per heavy atom. The Bertz CT molecular complexity index is 173.